The molecule has 2 saturated heterocycles. The van der Waals surface area contributed by atoms with Gasteiger partial charge in [-0.3, -0.25) is 19.2 Å². The Balaban J connectivity index is 1.32. The molecule has 10 heteroatoms. The summed E-state index contributed by atoms with van der Waals surface area (Å²) in [5.41, 5.74) is 0.986. The summed E-state index contributed by atoms with van der Waals surface area (Å²) in [4.78, 5) is 60.5. The lowest BCUT2D eigenvalue weighted by Crippen LogP contribution is -2.58. The van der Waals surface area contributed by atoms with E-state index in [0.717, 1.165) is 11.1 Å². The van der Waals surface area contributed by atoms with Gasteiger partial charge in [-0.2, -0.15) is 0 Å². The third-order valence-electron chi connectivity index (χ3n) is 10.5. The molecule has 8 atom stereocenters. The van der Waals surface area contributed by atoms with Gasteiger partial charge in [0.2, 0.25) is 17.7 Å². The highest BCUT2D eigenvalue weighted by atomic mass is 16.6. The predicted molar refractivity (Wildman–Crippen MR) is 188 cm³/mol. The van der Waals surface area contributed by atoms with Gasteiger partial charge < -0.3 is 29.7 Å². The summed E-state index contributed by atoms with van der Waals surface area (Å²) in [5, 5.41) is 13.8. The van der Waals surface area contributed by atoms with E-state index in [4.69, 9.17) is 9.47 Å². The van der Waals surface area contributed by atoms with Crippen LogP contribution in [-0.2, 0) is 41.6 Å². The summed E-state index contributed by atoms with van der Waals surface area (Å²) in [5.74, 6) is -3.84. The first-order chi connectivity index (χ1) is 24.8. The Hall–Kier alpha value is -5.06. The number of hydrogen-bond donors (Lipinski definition) is 2. The van der Waals surface area contributed by atoms with Crippen molar-refractivity contribution in [2.24, 2.45) is 11.8 Å². The molecule has 0 aromatic heterocycles. The van der Waals surface area contributed by atoms with Crippen molar-refractivity contribution < 1.29 is 33.8 Å². The molecule has 264 valence electrons. The zero-order chi connectivity index (χ0) is 35.5. The second kappa shape index (κ2) is 14.7. The lowest BCUT2D eigenvalue weighted by molar-refractivity contribution is -0.162. The molecule has 3 aromatic rings. The summed E-state index contributed by atoms with van der Waals surface area (Å²) in [6.45, 7) is 1.96. The second-order valence-electron chi connectivity index (χ2n) is 13.8. The topological polar surface area (TPSA) is 125 Å². The summed E-state index contributed by atoms with van der Waals surface area (Å²) in [6, 6.07) is 25.8. The maximum absolute atomic E-state index is 15.0. The van der Waals surface area contributed by atoms with Crippen molar-refractivity contribution >= 4 is 23.7 Å². The summed E-state index contributed by atoms with van der Waals surface area (Å²) in [7, 11) is 0. The van der Waals surface area contributed by atoms with Gasteiger partial charge in [-0.25, -0.2) is 0 Å². The molecule has 0 aliphatic carbocycles. The molecule has 51 heavy (non-hydrogen) atoms. The lowest BCUT2D eigenvalue weighted by Gasteiger charge is -2.38. The van der Waals surface area contributed by atoms with Crippen molar-refractivity contribution in [2.75, 3.05) is 13.2 Å². The molecule has 0 saturated carbocycles. The minimum Gasteiger partial charge on any atom is -0.455 e. The Morgan fingerprint density at radius 2 is 1.55 bits per heavy atom. The number of esters is 1. The molecule has 10 nitrogen and oxygen atoms in total. The van der Waals surface area contributed by atoms with Crippen LogP contribution in [0.15, 0.2) is 115 Å². The molecular formula is C41H43N3O7. The van der Waals surface area contributed by atoms with Crippen LogP contribution in [0.4, 0.5) is 0 Å². The Morgan fingerprint density at radius 3 is 2.24 bits per heavy atom. The molecule has 4 heterocycles. The van der Waals surface area contributed by atoms with Crippen molar-refractivity contribution in [1.29, 1.82) is 0 Å². The van der Waals surface area contributed by atoms with Crippen molar-refractivity contribution in [1.82, 2.24) is 15.1 Å². The van der Waals surface area contributed by atoms with E-state index in [2.05, 4.69) is 5.32 Å². The van der Waals surface area contributed by atoms with Crippen LogP contribution in [0.2, 0.25) is 0 Å². The molecule has 1 spiro atoms. The number of hydrogen-bond acceptors (Lipinski definition) is 7. The van der Waals surface area contributed by atoms with E-state index in [-0.39, 0.29) is 24.8 Å². The first-order valence-corrected chi connectivity index (χ1v) is 17.7. The van der Waals surface area contributed by atoms with Gasteiger partial charge in [-0.05, 0) is 36.5 Å². The highest BCUT2D eigenvalue weighted by molar-refractivity contribution is 5.99. The number of allylic oxidation sites excluding steroid dienone is 1. The first-order valence-electron chi connectivity index (χ1n) is 17.7. The van der Waals surface area contributed by atoms with E-state index in [1.165, 1.54) is 4.90 Å². The van der Waals surface area contributed by atoms with Crippen molar-refractivity contribution in [3.8, 4) is 0 Å². The number of nitrogens with one attached hydrogen (secondary N) is 1. The standard InChI is InChI=1S/C41H43N3O7/c1-27-36(30-18-9-4-10-19-30)50-40(49)34-32(20-11-12-21-33(46)42-27)51-41-22-13-23-43(25-29-16-7-3-8-17-29)39(48)37(41)44(38(47)35(34)41)31(26-45)24-28-14-5-2-6-15-28/h2-11,13-20,22,27,31-32,34-37,45H,12,21,23-26H2,1H3,(H,42,46)/b20-11-/t27-,31-,32-,34+,35+,36+,37-,41+/m1/s1. The van der Waals surface area contributed by atoms with Gasteiger partial charge in [0.05, 0.1) is 30.7 Å². The Kier molecular flexibility index (Phi) is 9.88. The number of cyclic esters (lactones) is 1. The average molecular weight is 690 g/mol. The van der Waals surface area contributed by atoms with E-state index in [0.29, 0.717) is 24.9 Å². The molecular weight excluding hydrogens is 646 g/mol. The number of rotatable bonds is 7. The van der Waals surface area contributed by atoms with Crippen molar-refractivity contribution in [3.63, 3.8) is 0 Å². The van der Waals surface area contributed by atoms with Crippen molar-refractivity contribution in [3.05, 3.63) is 132 Å². The fourth-order valence-corrected chi connectivity index (χ4v) is 8.17. The lowest BCUT2D eigenvalue weighted by atomic mass is 9.77. The van der Waals surface area contributed by atoms with Crippen LogP contribution in [0.3, 0.4) is 0 Å². The number of amides is 3. The zero-order valence-electron chi connectivity index (χ0n) is 28.5. The number of nitrogens with zero attached hydrogens (tertiary/aromatic N) is 2. The van der Waals surface area contributed by atoms with E-state index in [1.54, 1.807) is 30.1 Å². The average Bonchev–Trinajstić information content (AvgIpc) is 3.54. The SMILES string of the molecule is C[C@H]1NC(=O)CC/C=C\[C@H]2O[C@]34C=CCN(Cc5ccccc5)C(=O)[C@H]3N([C@@H](CO)Cc3ccccc3)C(=O)[C@@H]4[C@H]2C(=O)O[C@@H]1c1ccccc1. The monoisotopic (exact) mass is 689 g/mol. The number of ether oxygens (including phenoxy) is 2. The highest BCUT2D eigenvalue weighted by Crippen LogP contribution is 2.54. The van der Waals surface area contributed by atoms with Gasteiger partial charge in [0, 0.05) is 19.5 Å². The molecule has 3 aromatic carbocycles. The molecule has 7 rings (SSSR count). The van der Waals surface area contributed by atoms with Gasteiger partial charge in [-0.15, -0.1) is 0 Å². The Morgan fingerprint density at radius 1 is 0.882 bits per heavy atom. The van der Waals surface area contributed by atoms with E-state index >= 15 is 4.79 Å². The molecule has 4 aliphatic heterocycles. The maximum Gasteiger partial charge on any atom is 0.313 e. The molecule has 0 unspecified atom stereocenters. The molecule has 3 amide bonds. The van der Waals surface area contributed by atoms with Crippen LogP contribution in [0.1, 0.15) is 42.6 Å². The van der Waals surface area contributed by atoms with Crippen molar-refractivity contribution in [2.45, 2.75) is 68.7 Å². The summed E-state index contributed by atoms with van der Waals surface area (Å²) < 4.78 is 13.2. The normalized spacial score (nSPS) is 30.5. The third kappa shape index (κ3) is 6.61. The van der Waals surface area contributed by atoms with Gasteiger partial charge in [0.15, 0.2) is 0 Å². The Labute approximate surface area is 297 Å². The largest absolute Gasteiger partial charge is 0.455 e. The van der Waals surface area contributed by atoms with Crippen LogP contribution in [-0.4, -0.2) is 81.6 Å². The fraction of sp³-hybridized carbons (Fsp3) is 0.366. The number of aliphatic hydroxyl groups is 1. The number of fused-ring (bicyclic) bond motifs is 2. The van der Waals surface area contributed by atoms with Crippen LogP contribution in [0.25, 0.3) is 0 Å². The first kappa shape index (κ1) is 34.4. The summed E-state index contributed by atoms with van der Waals surface area (Å²) in [6.07, 6.45) is 6.28. The third-order valence-corrected chi connectivity index (χ3v) is 10.5. The van der Waals surface area contributed by atoms with E-state index in [1.807, 2.05) is 97.1 Å². The van der Waals surface area contributed by atoms with Gasteiger partial charge in [-0.1, -0.05) is 115 Å². The number of carbonyl (C=O) groups excluding carboxylic acids is 4. The fourth-order valence-electron chi connectivity index (χ4n) is 8.17. The number of likely N-dealkylation sites (tertiary alicyclic amines) is 1. The minimum absolute atomic E-state index is 0.181. The maximum atomic E-state index is 15.0. The van der Waals surface area contributed by atoms with Crippen LogP contribution < -0.4 is 5.32 Å². The molecule has 0 radical (unpaired) electrons. The number of aliphatic hydroxyl groups excluding tert-OH is 1. The van der Waals surface area contributed by atoms with Gasteiger partial charge in [0.1, 0.15) is 23.7 Å². The van der Waals surface area contributed by atoms with Crippen LogP contribution in [0.5, 0.6) is 0 Å². The van der Waals surface area contributed by atoms with E-state index < -0.39 is 66.3 Å². The smallest absolute Gasteiger partial charge is 0.313 e. The highest BCUT2D eigenvalue weighted by Gasteiger charge is 2.72. The Bertz CT molecular complexity index is 1800. The molecule has 2 fully saturated rings. The second-order valence-corrected chi connectivity index (χ2v) is 13.8. The number of benzene rings is 3. The molecule has 4 aliphatic rings. The summed E-state index contributed by atoms with van der Waals surface area (Å²) >= 11 is 0. The van der Waals surface area contributed by atoms with Gasteiger partial charge in [0.25, 0.3) is 0 Å². The zero-order valence-corrected chi connectivity index (χ0v) is 28.5. The minimum atomic E-state index is -1.52. The van der Waals surface area contributed by atoms with E-state index in [9.17, 15) is 19.5 Å². The van der Waals surface area contributed by atoms with Crippen LogP contribution in [0, 0.1) is 11.8 Å². The van der Waals surface area contributed by atoms with Gasteiger partial charge >= 0.3 is 5.97 Å². The quantitative estimate of drug-likeness (QED) is 0.285. The number of carbonyl (C=O) groups is 4. The molecule has 2 N–H and O–H groups in total. The predicted octanol–water partition coefficient (Wildman–Crippen LogP) is 3.91. The van der Waals surface area contributed by atoms with Crippen LogP contribution >= 0.6 is 0 Å². The molecule has 0 bridgehead atoms.